The van der Waals surface area contributed by atoms with Crippen molar-refractivity contribution in [1.82, 2.24) is 0 Å². The second-order valence-electron chi connectivity index (χ2n) is 5.40. The first-order valence-corrected chi connectivity index (χ1v) is 9.15. The van der Waals surface area contributed by atoms with Crippen molar-refractivity contribution >= 4 is 22.7 Å². The zero-order chi connectivity index (χ0) is 14.7. The minimum atomic E-state index is 1.22. The van der Waals surface area contributed by atoms with Crippen LogP contribution in [0.2, 0.25) is 0 Å². The van der Waals surface area contributed by atoms with Crippen molar-refractivity contribution in [2.75, 3.05) is 0 Å². The summed E-state index contributed by atoms with van der Waals surface area (Å²) in [4.78, 5) is 5.66. The molecule has 0 bridgehead atoms. The molecule has 0 atom stereocenters. The average molecular weight is 313 g/mol. The van der Waals surface area contributed by atoms with Gasteiger partial charge in [-0.05, 0) is 49.6 Å². The van der Waals surface area contributed by atoms with E-state index in [0.717, 1.165) is 0 Å². The summed E-state index contributed by atoms with van der Waals surface area (Å²) < 4.78 is 0. The minimum absolute atomic E-state index is 1.22. The Bertz CT molecular complexity index is 701. The lowest BCUT2D eigenvalue weighted by molar-refractivity contribution is 0.804. The Balaban J connectivity index is 1.81. The number of aryl methyl sites for hydroxylation is 2. The predicted octanol–water partition coefficient (Wildman–Crippen LogP) is 6.79. The Hall–Kier alpha value is -1.38. The Morgan fingerprint density at radius 1 is 0.762 bits per heavy atom. The zero-order valence-corrected chi connectivity index (χ0v) is 14.2. The fourth-order valence-corrected chi connectivity index (χ4v) is 4.49. The van der Waals surface area contributed by atoms with Crippen molar-refractivity contribution in [2.45, 2.75) is 33.1 Å². The maximum atomic E-state index is 2.29. The van der Waals surface area contributed by atoms with E-state index in [1.807, 2.05) is 22.7 Å². The highest BCUT2D eigenvalue weighted by molar-refractivity contribution is 7.23. The molecular weight excluding hydrogens is 292 g/mol. The third-order valence-electron chi connectivity index (χ3n) is 3.62. The van der Waals surface area contributed by atoms with Crippen LogP contribution < -0.4 is 0 Å². The van der Waals surface area contributed by atoms with Crippen molar-refractivity contribution in [1.29, 1.82) is 0 Å². The molecule has 0 radical (unpaired) electrons. The SMILES string of the molecule is CCCCc1ccc(-c2ccc(-c3ccc(C)cc3)s2)s1. The largest absolute Gasteiger partial charge is 0.139 e. The van der Waals surface area contributed by atoms with Crippen LogP contribution in [0.5, 0.6) is 0 Å². The fraction of sp³-hybridized carbons (Fsp3) is 0.263. The Labute approximate surface area is 135 Å². The first-order chi connectivity index (χ1) is 10.3. The van der Waals surface area contributed by atoms with Crippen molar-refractivity contribution in [3.8, 4) is 20.2 Å². The molecule has 1 aromatic carbocycles. The molecule has 0 aliphatic carbocycles. The van der Waals surface area contributed by atoms with E-state index in [4.69, 9.17) is 0 Å². The quantitative estimate of drug-likeness (QED) is 0.486. The molecule has 0 amide bonds. The first-order valence-electron chi connectivity index (χ1n) is 7.52. The van der Waals surface area contributed by atoms with E-state index >= 15 is 0 Å². The van der Waals surface area contributed by atoms with Crippen LogP contribution in [0.1, 0.15) is 30.2 Å². The Morgan fingerprint density at radius 3 is 2.19 bits per heavy atom. The van der Waals surface area contributed by atoms with Crippen LogP contribution in [0.4, 0.5) is 0 Å². The molecule has 0 nitrogen and oxygen atoms in total. The van der Waals surface area contributed by atoms with Gasteiger partial charge in [0.25, 0.3) is 0 Å². The molecule has 0 fully saturated rings. The van der Waals surface area contributed by atoms with Gasteiger partial charge in [-0.2, -0.15) is 0 Å². The van der Waals surface area contributed by atoms with Crippen LogP contribution in [-0.4, -0.2) is 0 Å². The highest BCUT2D eigenvalue weighted by atomic mass is 32.1. The monoisotopic (exact) mass is 312 g/mol. The van der Waals surface area contributed by atoms with Crippen LogP contribution in [-0.2, 0) is 6.42 Å². The molecule has 0 unspecified atom stereocenters. The van der Waals surface area contributed by atoms with Gasteiger partial charge in [-0.15, -0.1) is 22.7 Å². The van der Waals surface area contributed by atoms with E-state index in [0.29, 0.717) is 0 Å². The molecule has 2 heteroatoms. The summed E-state index contributed by atoms with van der Waals surface area (Å²) in [5.74, 6) is 0. The minimum Gasteiger partial charge on any atom is -0.139 e. The molecule has 21 heavy (non-hydrogen) atoms. The molecule has 0 saturated carbocycles. The maximum absolute atomic E-state index is 2.29. The number of rotatable bonds is 5. The van der Waals surface area contributed by atoms with E-state index in [1.165, 1.54) is 49.9 Å². The van der Waals surface area contributed by atoms with Crippen LogP contribution in [0, 0.1) is 6.92 Å². The van der Waals surface area contributed by atoms with Gasteiger partial charge in [-0.3, -0.25) is 0 Å². The van der Waals surface area contributed by atoms with Gasteiger partial charge in [-0.1, -0.05) is 43.2 Å². The van der Waals surface area contributed by atoms with E-state index in [2.05, 4.69) is 62.4 Å². The summed E-state index contributed by atoms with van der Waals surface area (Å²) in [5, 5.41) is 0. The smallest absolute Gasteiger partial charge is 0.0449 e. The third-order valence-corrected chi connectivity index (χ3v) is 6.10. The van der Waals surface area contributed by atoms with Crippen LogP contribution in [0.15, 0.2) is 48.5 Å². The summed E-state index contributed by atoms with van der Waals surface area (Å²) in [5.41, 5.74) is 2.63. The standard InChI is InChI=1S/C19H20S2/c1-3-4-5-16-10-11-18(20-16)19-13-12-17(21-19)15-8-6-14(2)7-9-15/h6-13H,3-5H2,1-2H3. The van der Waals surface area contributed by atoms with E-state index < -0.39 is 0 Å². The molecule has 2 aromatic heterocycles. The van der Waals surface area contributed by atoms with Gasteiger partial charge in [0.05, 0.1) is 0 Å². The summed E-state index contributed by atoms with van der Waals surface area (Å²) in [6, 6.07) is 17.9. The second kappa shape index (κ2) is 6.59. The van der Waals surface area contributed by atoms with Crippen molar-refractivity contribution in [3.05, 3.63) is 59.0 Å². The van der Waals surface area contributed by atoms with E-state index in [1.54, 1.807) is 0 Å². The van der Waals surface area contributed by atoms with Gasteiger partial charge in [0.2, 0.25) is 0 Å². The Morgan fingerprint density at radius 2 is 1.43 bits per heavy atom. The summed E-state index contributed by atoms with van der Waals surface area (Å²) in [6.07, 6.45) is 3.78. The molecule has 108 valence electrons. The van der Waals surface area contributed by atoms with Gasteiger partial charge < -0.3 is 0 Å². The lowest BCUT2D eigenvalue weighted by Gasteiger charge is -1.97. The van der Waals surface area contributed by atoms with E-state index in [-0.39, 0.29) is 0 Å². The van der Waals surface area contributed by atoms with Crippen LogP contribution in [0.3, 0.4) is 0 Å². The summed E-state index contributed by atoms with van der Waals surface area (Å²) in [6.45, 7) is 4.38. The molecule has 0 spiro atoms. The lowest BCUT2D eigenvalue weighted by atomic mass is 10.1. The first kappa shape index (κ1) is 14.6. The number of benzene rings is 1. The zero-order valence-electron chi connectivity index (χ0n) is 12.6. The van der Waals surface area contributed by atoms with Crippen molar-refractivity contribution < 1.29 is 0 Å². The topological polar surface area (TPSA) is 0 Å². The summed E-state index contributed by atoms with van der Waals surface area (Å²) >= 11 is 3.84. The normalized spacial score (nSPS) is 11.0. The second-order valence-corrected chi connectivity index (χ2v) is 7.65. The fourth-order valence-electron chi connectivity index (χ4n) is 2.34. The molecule has 3 rings (SSSR count). The van der Waals surface area contributed by atoms with Crippen LogP contribution >= 0.6 is 22.7 Å². The van der Waals surface area contributed by atoms with Gasteiger partial charge in [0.15, 0.2) is 0 Å². The number of hydrogen-bond donors (Lipinski definition) is 0. The molecule has 2 heterocycles. The van der Waals surface area contributed by atoms with Crippen molar-refractivity contribution in [2.24, 2.45) is 0 Å². The number of thiophene rings is 2. The number of hydrogen-bond acceptors (Lipinski definition) is 2. The molecule has 0 saturated heterocycles. The lowest BCUT2D eigenvalue weighted by Crippen LogP contribution is -1.76. The molecule has 3 aromatic rings. The average Bonchev–Trinajstić information content (AvgIpc) is 3.15. The van der Waals surface area contributed by atoms with Crippen molar-refractivity contribution in [3.63, 3.8) is 0 Å². The van der Waals surface area contributed by atoms with E-state index in [9.17, 15) is 0 Å². The van der Waals surface area contributed by atoms with Gasteiger partial charge in [0.1, 0.15) is 0 Å². The Kier molecular flexibility index (Phi) is 4.57. The van der Waals surface area contributed by atoms with Crippen LogP contribution in [0.25, 0.3) is 20.2 Å². The summed E-state index contributed by atoms with van der Waals surface area (Å²) in [7, 11) is 0. The predicted molar refractivity (Wildman–Crippen MR) is 96.4 cm³/mol. The van der Waals surface area contributed by atoms with Gasteiger partial charge >= 0.3 is 0 Å². The molecule has 0 aliphatic heterocycles. The number of unbranched alkanes of at least 4 members (excludes halogenated alkanes) is 1. The van der Waals surface area contributed by atoms with Gasteiger partial charge in [-0.25, -0.2) is 0 Å². The highest BCUT2D eigenvalue weighted by Crippen LogP contribution is 2.37. The molecule has 0 N–H and O–H groups in total. The van der Waals surface area contributed by atoms with Gasteiger partial charge in [0, 0.05) is 19.5 Å². The molecular formula is C19H20S2. The third kappa shape index (κ3) is 3.45. The maximum Gasteiger partial charge on any atom is 0.0449 e. The molecule has 0 aliphatic rings. The highest BCUT2D eigenvalue weighted by Gasteiger charge is 2.07.